The largest absolute Gasteiger partial charge is 0.495 e. The van der Waals surface area contributed by atoms with Crippen LogP contribution in [0.4, 0.5) is 0 Å². The zero-order valence-corrected chi connectivity index (χ0v) is 23.7. The van der Waals surface area contributed by atoms with Crippen molar-refractivity contribution in [2.24, 2.45) is 17.2 Å². The molecule has 8 N–H and O–H groups in total. The lowest BCUT2D eigenvalue weighted by atomic mass is 10.0. The van der Waals surface area contributed by atoms with Gasteiger partial charge < -0.3 is 42.3 Å². The number of aldehydes is 1. The van der Waals surface area contributed by atoms with Crippen molar-refractivity contribution in [1.29, 1.82) is 0 Å². The van der Waals surface area contributed by atoms with Gasteiger partial charge in [0.2, 0.25) is 11.8 Å². The third kappa shape index (κ3) is 15.2. The van der Waals surface area contributed by atoms with E-state index in [1.54, 1.807) is 0 Å². The molecule has 10 heteroatoms. The minimum Gasteiger partial charge on any atom is -0.495 e. The van der Waals surface area contributed by atoms with E-state index in [1.165, 1.54) is 0 Å². The average molecular weight is 545 g/mol. The first kappa shape index (κ1) is 34.0. The molecule has 2 rings (SSSR count). The van der Waals surface area contributed by atoms with Crippen molar-refractivity contribution < 1.29 is 19.1 Å². The van der Waals surface area contributed by atoms with E-state index < -0.39 is 18.0 Å². The Morgan fingerprint density at radius 1 is 1.10 bits per heavy atom. The third-order valence-electron chi connectivity index (χ3n) is 5.90. The third-order valence-corrected chi connectivity index (χ3v) is 5.90. The summed E-state index contributed by atoms with van der Waals surface area (Å²) in [5, 5.41) is 5.61. The number of hydrogen-bond acceptors (Lipinski definition) is 8. The fourth-order valence-electron chi connectivity index (χ4n) is 3.84. The molecular formula is C29H48N6O4. The number of nitrogens with one attached hydrogen (secondary N) is 2. The fourth-order valence-corrected chi connectivity index (χ4v) is 3.84. The Balaban J connectivity index is 0.000000824. The summed E-state index contributed by atoms with van der Waals surface area (Å²) in [6, 6.07) is 8.03. The molecule has 0 heterocycles. The van der Waals surface area contributed by atoms with E-state index in [0.717, 1.165) is 55.9 Å². The van der Waals surface area contributed by atoms with Gasteiger partial charge >= 0.3 is 0 Å². The van der Waals surface area contributed by atoms with Gasteiger partial charge in [-0.15, -0.1) is 0 Å². The number of benzene rings is 1. The van der Waals surface area contributed by atoms with Gasteiger partial charge in [0.05, 0.1) is 17.9 Å². The van der Waals surface area contributed by atoms with Gasteiger partial charge in [0, 0.05) is 45.6 Å². The minimum absolute atomic E-state index is 0.0881. The molecule has 0 radical (unpaired) electrons. The van der Waals surface area contributed by atoms with Crippen LogP contribution in [0.2, 0.25) is 0 Å². The van der Waals surface area contributed by atoms with Gasteiger partial charge in [0.25, 0.3) is 0 Å². The van der Waals surface area contributed by atoms with Gasteiger partial charge in [-0.05, 0) is 57.4 Å². The van der Waals surface area contributed by atoms with Crippen LogP contribution in [0.3, 0.4) is 0 Å². The fraction of sp³-hybridized carbons (Fsp3) is 0.552. The first-order valence-corrected chi connectivity index (χ1v) is 13.7. The highest BCUT2D eigenvalue weighted by atomic mass is 16.5. The Morgan fingerprint density at radius 2 is 1.77 bits per heavy atom. The van der Waals surface area contributed by atoms with Gasteiger partial charge in [-0.1, -0.05) is 36.4 Å². The van der Waals surface area contributed by atoms with Crippen LogP contribution in [0.25, 0.3) is 0 Å². The Kier molecular flexibility index (Phi) is 17.4. The normalized spacial score (nSPS) is 14.4. The summed E-state index contributed by atoms with van der Waals surface area (Å²) in [5.41, 5.74) is 18.3. The van der Waals surface area contributed by atoms with Crippen molar-refractivity contribution >= 4 is 18.1 Å². The monoisotopic (exact) mass is 544 g/mol. The topological polar surface area (TPSA) is 166 Å². The lowest BCUT2D eigenvalue weighted by Gasteiger charge is -2.21. The van der Waals surface area contributed by atoms with Crippen LogP contribution in [0.5, 0.6) is 0 Å². The molecule has 1 aromatic rings. The van der Waals surface area contributed by atoms with Crippen LogP contribution in [0.15, 0.2) is 53.8 Å². The molecule has 0 fully saturated rings. The maximum absolute atomic E-state index is 12.9. The Morgan fingerprint density at radius 3 is 2.36 bits per heavy atom. The summed E-state index contributed by atoms with van der Waals surface area (Å²) < 4.78 is 5.77. The molecule has 0 aliphatic heterocycles. The molecule has 2 unspecified atom stereocenters. The molecule has 0 saturated carbocycles. The van der Waals surface area contributed by atoms with E-state index in [1.807, 2.05) is 57.3 Å². The van der Waals surface area contributed by atoms with Crippen molar-refractivity contribution in [3.8, 4) is 0 Å². The quantitative estimate of drug-likeness (QED) is 0.192. The zero-order valence-electron chi connectivity index (χ0n) is 23.7. The molecule has 1 aliphatic carbocycles. The highest BCUT2D eigenvalue weighted by molar-refractivity contribution is 5.90. The highest BCUT2D eigenvalue weighted by Crippen LogP contribution is 2.19. The minimum atomic E-state index is -0.968. The molecule has 0 spiro atoms. The van der Waals surface area contributed by atoms with Crippen molar-refractivity contribution in [2.75, 3.05) is 39.8 Å². The molecule has 1 aliphatic rings. The highest BCUT2D eigenvalue weighted by Gasteiger charge is 2.23. The van der Waals surface area contributed by atoms with Crippen LogP contribution in [0.1, 0.15) is 45.1 Å². The van der Waals surface area contributed by atoms with E-state index >= 15 is 0 Å². The molecule has 2 atom stereocenters. The molecule has 39 heavy (non-hydrogen) atoms. The first-order chi connectivity index (χ1) is 18.7. The van der Waals surface area contributed by atoms with E-state index in [4.69, 9.17) is 21.9 Å². The van der Waals surface area contributed by atoms with Gasteiger partial charge in [-0.25, -0.2) is 0 Å². The average Bonchev–Trinajstić information content (AvgIpc) is 2.91. The first-order valence-electron chi connectivity index (χ1n) is 13.7. The predicted octanol–water partition coefficient (Wildman–Crippen LogP) is 1.00. The number of hydrogen-bond donors (Lipinski definition) is 5. The summed E-state index contributed by atoms with van der Waals surface area (Å²) in [7, 11) is 2.01. The van der Waals surface area contributed by atoms with Crippen molar-refractivity contribution in [2.45, 2.75) is 64.1 Å². The lowest BCUT2D eigenvalue weighted by Crippen LogP contribution is -2.52. The van der Waals surface area contributed by atoms with Gasteiger partial charge in [0.1, 0.15) is 12.3 Å². The number of nitrogens with zero attached hydrogens (tertiary/aromatic N) is 1. The van der Waals surface area contributed by atoms with Crippen LogP contribution in [-0.2, 0) is 25.5 Å². The Hall–Kier alpha value is -3.05. The van der Waals surface area contributed by atoms with E-state index in [9.17, 15) is 14.4 Å². The maximum atomic E-state index is 12.9. The lowest BCUT2D eigenvalue weighted by molar-refractivity contribution is -0.130. The summed E-state index contributed by atoms with van der Waals surface area (Å²) in [6.07, 6.45) is 7.40. The number of carbonyl (C=O) groups is 3. The second kappa shape index (κ2) is 19.9. The number of ether oxygens (including phenoxy) is 1. The van der Waals surface area contributed by atoms with Crippen LogP contribution < -0.4 is 27.8 Å². The van der Waals surface area contributed by atoms with Gasteiger partial charge in [0.15, 0.2) is 0 Å². The van der Waals surface area contributed by atoms with E-state index in [0.29, 0.717) is 25.7 Å². The summed E-state index contributed by atoms with van der Waals surface area (Å²) in [5.74, 6) is 0.119. The standard InChI is InChI=1S/C24H33N3O4.C5H15N3/c1-17(2)31-20-10-6-9-19(15-20)16-26-24(30)22(27-23(29)21(25)13-14-28)12-11-18-7-4-3-5-8-18;1-8(4-2-6)5-3-7/h3-5,7-9,14-15,17,21-22H,6,10-13,16,25H2,1-2H3,(H,26,30)(H,27,29);2-7H2,1H3. The summed E-state index contributed by atoms with van der Waals surface area (Å²) >= 11 is 0. The SMILES string of the molecule is CC(C)OC1=CC(CNC(=O)C(CCc2ccccc2)NC(=O)C(N)CC=O)=CCC1.CN(CCN)CCN. The number of allylic oxidation sites excluding steroid dienone is 2. The number of likely N-dealkylation sites (N-methyl/N-ethyl adjacent to an activating group) is 1. The molecule has 2 amide bonds. The number of carbonyl (C=O) groups excluding carboxylic acids is 3. The zero-order chi connectivity index (χ0) is 29.0. The maximum Gasteiger partial charge on any atom is 0.242 e. The van der Waals surface area contributed by atoms with E-state index in [-0.39, 0.29) is 18.4 Å². The van der Waals surface area contributed by atoms with Crippen LogP contribution >= 0.6 is 0 Å². The summed E-state index contributed by atoms with van der Waals surface area (Å²) in [6.45, 7) is 7.63. The molecule has 0 bridgehead atoms. The molecule has 0 aromatic heterocycles. The van der Waals surface area contributed by atoms with Crippen LogP contribution in [-0.4, -0.2) is 81.0 Å². The van der Waals surface area contributed by atoms with Crippen molar-refractivity contribution in [3.05, 3.63) is 59.4 Å². The van der Waals surface area contributed by atoms with Crippen molar-refractivity contribution in [3.63, 3.8) is 0 Å². The Labute approximate surface area is 233 Å². The molecule has 218 valence electrons. The van der Waals surface area contributed by atoms with Gasteiger partial charge in [-0.3, -0.25) is 9.59 Å². The predicted molar refractivity (Wildman–Crippen MR) is 156 cm³/mol. The van der Waals surface area contributed by atoms with Crippen LogP contribution in [0, 0.1) is 0 Å². The number of nitrogens with two attached hydrogens (primary N) is 3. The number of amides is 2. The van der Waals surface area contributed by atoms with E-state index in [2.05, 4.69) is 21.6 Å². The molecule has 10 nitrogen and oxygen atoms in total. The smallest absolute Gasteiger partial charge is 0.242 e. The Bertz CT molecular complexity index is 914. The van der Waals surface area contributed by atoms with Gasteiger partial charge in [-0.2, -0.15) is 0 Å². The number of aryl methyl sites for hydroxylation is 1. The molecule has 1 aromatic carbocycles. The second-order valence-corrected chi connectivity index (χ2v) is 9.79. The van der Waals surface area contributed by atoms with Crippen molar-refractivity contribution in [1.82, 2.24) is 15.5 Å². The molecular weight excluding hydrogens is 496 g/mol. The second-order valence-electron chi connectivity index (χ2n) is 9.79. The number of rotatable bonds is 16. The summed E-state index contributed by atoms with van der Waals surface area (Å²) in [4.78, 5) is 37.9. The molecule has 0 saturated heterocycles.